The van der Waals surface area contributed by atoms with Crippen LogP contribution in [0.15, 0.2) is 39.4 Å². The summed E-state index contributed by atoms with van der Waals surface area (Å²) < 4.78 is 5.80. The van der Waals surface area contributed by atoms with Crippen molar-refractivity contribution in [1.29, 1.82) is 0 Å². The van der Waals surface area contributed by atoms with Gasteiger partial charge in [0, 0.05) is 31.2 Å². The van der Waals surface area contributed by atoms with Gasteiger partial charge in [-0.1, -0.05) is 23.2 Å². The minimum Gasteiger partial charge on any atom is -0.444 e. The van der Waals surface area contributed by atoms with Gasteiger partial charge in [0.2, 0.25) is 0 Å². The maximum absolute atomic E-state index is 12.6. The average Bonchev–Trinajstić information content (AvgIpc) is 3.00. The monoisotopic (exact) mass is 430 g/mol. The van der Waals surface area contributed by atoms with E-state index in [1.165, 1.54) is 0 Å². The Morgan fingerprint density at radius 1 is 0.958 bits per heavy atom. The lowest BCUT2D eigenvalue weighted by molar-refractivity contribution is 0.0517. The molecule has 2 heterocycles. The van der Waals surface area contributed by atoms with Crippen LogP contribution in [0.3, 0.4) is 0 Å². The SMILES string of the molecule is O=C(c1ccc(Br)o1)N1CCN(C(=O)c2ccc(Cl)cc2Cl)CC1. The van der Waals surface area contributed by atoms with Crippen LogP contribution in [0, 0.1) is 0 Å². The molecule has 126 valence electrons. The van der Waals surface area contributed by atoms with Crippen molar-refractivity contribution in [2.24, 2.45) is 0 Å². The van der Waals surface area contributed by atoms with Crippen molar-refractivity contribution in [1.82, 2.24) is 9.80 Å². The van der Waals surface area contributed by atoms with Gasteiger partial charge in [-0.25, -0.2) is 0 Å². The molecule has 24 heavy (non-hydrogen) atoms. The Morgan fingerprint density at radius 3 is 2.12 bits per heavy atom. The highest BCUT2D eigenvalue weighted by molar-refractivity contribution is 9.10. The van der Waals surface area contributed by atoms with E-state index < -0.39 is 0 Å². The van der Waals surface area contributed by atoms with E-state index in [1.807, 2.05) is 0 Å². The van der Waals surface area contributed by atoms with Gasteiger partial charge >= 0.3 is 0 Å². The molecular weight excluding hydrogens is 419 g/mol. The lowest BCUT2D eigenvalue weighted by Gasteiger charge is -2.34. The molecule has 0 saturated carbocycles. The fraction of sp³-hybridized carbons (Fsp3) is 0.250. The van der Waals surface area contributed by atoms with Gasteiger partial charge in [-0.05, 0) is 46.3 Å². The van der Waals surface area contributed by atoms with E-state index in [2.05, 4.69) is 15.9 Å². The van der Waals surface area contributed by atoms with Gasteiger partial charge in [-0.15, -0.1) is 0 Å². The van der Waals surface area contributed by atoms with Crippen molar-refractivity contribution in [2.75, 3.05) is 26.2 Å². The molecule has 0 aliphatic carbocycles. The first-order valence-electron chi connectivity index (χ1n) is 7.24. The van der Waals surface area contributed by atoms with Gasteiger partial charge < -0.3 is 14.2 Å². The number of halogens is 3. The van der Waals surface area contributed by atoms with Crippen molar-refractivity contribution in [3.8, 4) is 0 Å². The molecule has 8 heteroatoms. The lowest BCUT2D eigenvalue weighted by atomic mass is 10.1. The number of nitrogens with zero attached hydrogens (tertiary/aromatic N) is 2. The third kappa shape index (κ3) is 3.61. The lowest BCUT2D eigenvalue weighted by Crippen LogP contribution is -2.50. The van der Waals surface area contributed by atoms with E-state index in [4.69, 9.17) is 27.6 Å². The van der Waals surface area contributed by atoms with Gasteiger partial charge in [0.1, 0.15) is 0 Å². The minimum absolute atomic E-state index is 0.162. The number of hydrogen-bond acceptors (Lipinski definition) is 3. The van der Waals surface area contributed by atoms with E-state index >= 15 is 0 Å². The molecular formula is C16H13BrCl2N2O3. The molecule has 1 fully saturated rings. The number of carbonyl (C=O) groups is 2. The zero-order valence-electron chi connectivity index (χ0n) is 12.5. The number of carbonyl (C=O) groups excluding carboxylic acids is 2. The Balaban J connectivity index is 1.64. The standard InChI is InChI=1S/C16H13BrCl2N2O3/c17-14-4-3-13(24-14)16(23)21-7-5-20(6-8-21)15(22)11-2-1-10(18)9-12(11)19/h1-4,9H,5-8H2. The fourth-order valence-electron chi connectivity index (χ4n) is 2.53. The second-order valence-electron chi connectivity index (χ2n) is 5.31. The van der Waals surface area contributed by atoms with Gasteiger partial charge in [-0.2, -0.15) is 0 Å². The average molecular weight is 432 g/mol. The van der Waals surface area contributed by atoms with Crippen molar-refractivity contribution in [3.63, 3.8) is 0 Å². The van der Waals surface area contributed by atoms with Crippen molar-refractivity contribution >= 4 is 50.9 Å². The number of amides is 2. The number of rotatable bonds is 2. The van der Waals surface area contributed by atoms with Crippen LogP contribution >= 0.6 is 39.1 Å². The van der Waals surface area contributed by atoms with Crippen LogP contribution in [-0.2, 0) is 0 Å². The van der Waals surface area contributed by atoms with E-state index in [0.29, 0.717) is 46.5 Å². The maximum atomic E-state index is 12.6. The van der Waals surface area contributed by atoms with Gasteiger partial charge in [-0.3, -0.25) is 9.59 Å². The quantitative estimate of drug-likeness (QED) is 0.723. The van der Waals surface area contributed by atoms with Gasteiger partial charge in [0.25, 0.3) is 11.8 Å². The molecule has 0 atom stereocenters. The predicted octanol–water partition coefficient (Wildman–Crippen LogP) is 3.95. The summed E-state index contributed by atoms with van der Waals surface area (Å²) in [6.45, 7) is 1.75. The summed E-state index contributed by atoms with van der Waals surface area (Å²) in [5.74, 6) is -0.0655. The summed E-state index contributed by atoms with van der Waals surface area (Å²) in [4.78, 5) is 28.2. The molecule has 1 saturated heterocycles. The molecule has 2 aromatic rings. The van der Waals surface area contributed by atoms with Crippen LogP contribution in [0.4, 0.5) is 0 Å². The second-order valence-corrected chi connectivity index (χ2v) is 6.94. The highest BCUT2D eigenvalue weighted by Gasteiger charge is 2.27. The summed E-state index contributed by atoms with van der Waals surface area (Å²) >= 11 is 15.1. The molecule has 1 aromatic carbocycles. The van der Waals surface area contributed by atoms with E-state index in [9.17, 15) is 9.59 Å². The van der Waals surface area contributed by atoms with Crippen molar-refractivity contribution in [2.45, 2.75) is 0 Å². The molecule has 0 radical (unpaired) electrons. The topological polar surface area (TPSA) is 53.8 Å². The Bertz CT molecular complexity index is 785. The smallest absolute Gasteiger partial charge is 0.289 e. The van der Waals surface area contributed by atoms with Crippen molar-refractivity contribution in [3.05, 3.63) is 56.4 Å². The van der Waals surface area contributed by atoms with Crippen LogP contribution in [-0.4, -0.2) is 47.8 Å². The van der Waals surface area contributed by atoms with Crippen LogP contribution < -0.4 is 0 Å². The van der Waals surface area contributed by atoms with E-state index in [-0.39, 0.29) is 17.6 Å². The molecule has 0 unspecified atom stereocenters. The molecule has 2 amide bonds. The van der Waals surface area contributed by atoms with E-state index in [0.717, 1.165) is 0 Å². The molecule has 0 spiro atoms. The third-order valence-electron chi connectivity index (χ3n) is 3.80. The van der Waals surface area contributed by atoms with Gasteiger partial charge in [0.05, 0.1) is 10.6 Å². The minimum atomic E-state index is -0.183. The number of furan rings is 1. The Labute approximate surface area is 157 Å². The Morgan fingerprint density at radius 2 is 1.58 bits per heavy atom. The number of hydrogen-bond donors (Lipinski definition) is 0. The third-order valence-corrected chi connectivity index (χ3v) is 4.77. The second kappa shape index (κ2) is 7.17. The number of benzene rings is 1. The van der Waals surface area contributed by atoms with Crippen LogP contribution in [0.5, 0.6) is 0 Å². The summed E-state index contributed by atoms with van der Waals surface area (Å²) in [7, 11) is 0. The first-order chi connectivity index (χ1) is 11.5. The number of piperazine rings is 1. The molecule has 1 aromatic heterocycles. The molecule has 1 aliphatic heterocycles. The maximum Gasteiger partial charge on any atom is 0.289 e. The molecule has 5 nitrogen and oxygen atoms in total. The summed E-state index contributed by atoms with van der Waals surface area (Å²) in [5, 5.41) is 0.808. The fourth-order valence-corrected chi connectivity index (χ4v) is 3.33. The Hall–Kier alpha value is -1.50. The largest absolute Gasteiger partial charge is 0.444 e. The van der Waals surface area contributed by atoms with E-state index in [1.54, 1.807) is 40.1 Å². The highest BCUT2D eigenvalue weighted by Crippen LogP contribution is 2.23. The summed E-state index contributed by atoms with van der Waals surface area (Å²) in [6.07, 6.45) is 0. The highest BCUT2D eigenvalue weighted by atomic mass is 79.9. The van der Waals surface area contributed by atoms with Crippen molar-refractivity contribution < 1.29 is 14.0 Å². The predicted molar refractivity (Wildman–Crippen MR) is 94.7 cm³/mol. The van der Waals surface area contributed by atoms with Gasteiger partial charge in [0.15, 0.2) is 10.4 Å². The van der Waals surface area contributed by atoms with Crippen LogP contribution in [0.25, 0.3) is 0 Å². The normalized spacial score (nSPS) is 14.8. The first kappa shape index (κ1) is 17.3. The van der Waals surface area contributed by atoms with Crippen LogP contribution in [0.2, 0.25) is 10.0 Å². The molecule has 0 N–H and O–H groups in total. The summed E-state index contributed by atoms with van der Waals surface area (Å²) in [6, 6.07) is 8.10. The Kier molecular flexibility index (Phi) is 5.18. The molecule has 1 aliphatic rings. The van der Waals surface area contributed by atoms with Crippen LogP contribution in [0.1, 0.15) is 20.9 Å². The zero-order valence-corrected chi connectivity index (χ0v) is 15.6. The zero-order chi connectivity index (χ0) is 17.3. The molecule has 0 bridgehead atoms. The summed E-state index contributed by atoms with van der Waals surface area (Å²) in [5.41, 5.74) is 0.413. The first-order valence-corrected chi connectivity index (χ1v) is 8.79. The molecule has 3 rings (SSSR count).